The summed E-state index contributed by atoms with van der Waals surface area (Å²) in [6.07, 6.45) is 1.56. The summed E-state index contributed by atoms with van der Waals surface area (Å²) in [4.78, 5) is 4.47. The summed E-state index contributed by atoms with van der Waals surface area (Å²) < 4.78 is 27.8. The van der Waals surface area contributed by atoms with Crippen LogP contribution in [0.5, 0.6) is 0 Å². The molecule has 3 aromatic rings. The first kappa shape index (κ1) is 18.1. The third-order valence-corrected chi connectivity index (χ3v) is 5.77. The van der Waals surface area contributed by atoms with E-state index < -0.39 is 10.0 Å². The highest BCUT2D eigenvalue weighted by Crippen LogP contribution is 2.20. The molecular formula is C18H18N4O2S2. The lowest BCUT2D eigenvalue weighted by molar-refractivity contribution is 0.601. The fourth-order valence-electron chi connectivity index (χ4n) is 2.19. The van der Waals surface area contributed by atoms with Crippen molar-refractivity contribution in [3.8, 4) is 0 Å². The van der Waals surface area contributed by atoms with Crippen molar-refractivity contribution in [2.75, 3.05) is 10.1 Å². The number of aryl methyl sites for hydroxylation is 2. The number of nitrogens with one attached hydrogen (secondary N) is 2. The minimum absolute atomic E-state index is 0.214. The van der Waals surface area contributed by atoms with Crippen LogP contribution in [0.1, 0.15) is 16.8 Å². The molecule has 0 atom stereocenters. The molecule has 0 amide bonds. The average Bonchev–Trinajstić information content (AvgIpc) is 3.02. The lowest BCUT2D eigenvalue weighted by atomic mass is 10.2. The maximum Gasteiger partial charge on any atom is 0.261 e. The van der Waals surface area contributed by atoms with Gasteiger partial charge in [-0.2, -0.15) is 5.10 Å². The molecule has 1 aromatic heterocycles. The van der Waals surface area contributed by atoms with Gasteiger partial charge in [-0.3, -0.25) is 10.1 Å². The minimum Gasteiger partial charge on any atom is -0.279 e. The van der Waals surface area contributed by atoms with E-state index in [2.05, 4.69) is 20.2 Å². The van der Waals surface area contributed by atoms with Crippen molar-refractivity contribution in [1.29, 1.82) is 0 Å². The van der Waals surface area contributed by atoms with Crippen molar-refractivity contribution >= 4 is 38.4 Å². The van der Waals surface area contributed by atoms with Gasteiger partial charge < -0.3 is 0 Å². The molecule has 0 fully saturated rings. The summed E-state index contributed by atoms with van der Waals surface area (Å²) in [6, 6.07) is 13.8. The number of rotatable bonds is 6. The van der Waals surface area contributed by atoms with E-state index in [0.29, 0.717) is 16.4 Å². The highest BCUT2D eigenvalue weighted by molar-refractivity contribution is 7.92. The zero-order valence-corrected chi connectivity index (χ0v) is 15.9. The zero-order chi connectivity index (χ0) is 18.6. The van der Waals surface area contributed by atoms with Crippen LogP contribution in [0, 0.1) is 13.8 Å². The molecule has 0 saturated carbocycles. The monoisotopic (exact) mass is 386 g/mol. The van der Waals surface area contributed by atoms with Crippen molar-refractivity contribution < 1.29 is 8.42 Å². The van der Waals surface area contributed by atoms with Crippen LogP contribution in [0.15, 0.2) is 63.9 Å². The first-order valence-corrected chi connectivity index (χ1v) is 10.2. The first-order chi connectivity index (χ1) is 12.4. The van der Waals surface area contributed by atoms with E-state index in [-0.39, 0.29) is 4.90 Å². The molecule has 8 heteroatoms. The maximum atomic E-state index is 12.6. The summed E-state index contributed by atoms with van der Waals surface area (Å²) in [5.41, 5.74) is 5.85. The second-order valence-corrected chi connectivity index (χ2v) is 8.21. The van der Waals surface area contributed by atoms with Gasteiger partial charge in [0.15, 0.2) is 0 Å². The molecule has 2 aromatic carbocycles. The van der Waals surface area contributed by atoms with Crippen LogP contribution in [-0.4, -0.2) is 19.6 Å². The lowest BCUT2D eigenvalue weighted by Gasteiger charge is -2.10. The minimum atomic E-state index is -3.67. The Hall–Kier alpha value is -2.71. The van der Waals surface area contributed by atoms with E-state index in [1.807, 2.05) is 25.3 Å². The number of benzene rings is 2. The van der Waals surface area contributed by atoms with Crippen LogP contribution in [0.25, 0.3) is 0 Å². The second-order valence-electron chi connectivity index (χ2n) is 5.67. The normalized spacial score (nSPS) is 11.6. The molecule has 26 heavy (non-hydrogen) atoms. The molecule has 1 heterocycles. The Bertz CT molecular complexity index is 1030. The highest BCUT2D eigenvalue weighted by Gasteiger charge is 2.15. The summed E-state index contributed by atoms with van der Waals surface area (Å²) in [5, 5.41) is 6.73. The predicted octanol–water partition coefficient (Wildman–Crippen LogP) is 4.01. The van der Waals surface area contributed by atoms with Gasteiger partial charge in [0, 0.05) is 10.9 Å². The Balaban J connectivity index is 1.79. The van der Waals surface area contributed by atoms with Gasteiger partial charge in [0.05, 0.1) is 22.5 Å². The van der Waals surface area contributed by atoms with Gasteiger partial charge in [-0.25, -0.2) is 13.4 Å². The number of nitrogens with zero attached hydrogens (tertiary/aromatic N) is 2. The first-order valence-electron chi connectivity index (χ1n) is 7.84. The molecule has 0 bridgehead atoms. The fraction of sp³-hybridized carbons (Fsp3) is 0.111. The summed E-state index contributed by atoms with van der Waals surface area (Å²) in [5.74, 6) is 0. The molecule has 134 valence electrons. The number of anilines is 2. The fourth-order valence-corrected chi connectivity index (χ4v) is 3.91. The average molecular weight is 387 g/mol. The van der Waals surface area contributed by atoms with Crippen LogP contribution < -0.4 is 10.1 Å². The van der Waals surface area contributed by atoms with Gasteiger partial charge >= 0.3 is 0 Å². The molecule has 0 radical (unpaired) electrons. The van der Waals surface area contributed by atoms with Crippen molar-refractivity contribution in [2.45, 2.75) is 18.7 Å². The summed E-state index contributed by atoms with van der Waals surface area (Å²) >= 11 is 1.45. The van der Waals surface area contributed by atoms with E-state index in [0.717, 1.165) is 11.3 Å². The van der Waals surface area contributed by atoms with Gasteiger partial charge in [-0.15, -0.1) is 11.3 Å². The predicted molar refractivity (Wildman–Crippen MR) is 106 cm³/mol. The molecule has 0 unspecified atom stereocenters. The van der Waals surface area contributed by atoms with E-state index in [1.165, 1.54) is 11.3 Å². The van der Waals surface area contributed by atoms with Crippen LogP contribution in [0.3, 0.4) is 0 Å². The molecule has 0 aliphatic carbocycles. The van der Waals surface area contributed by atoms with Gasteiger partial charge in [-0.1, -0.05) is 35.9 Å². The van der Waals surface area contributed by atoms with E-state index >= 15 is 0 Å². The molecule has 2 N–H and O–H groups in total. The molecule has 6 nitrogen and oxygen atoms in total. The standard InChI is InChI=1S/C18H18N4O2S2/c1-13-7-9-16(10-8-13)26(23,24)22-17-6-4-3-5-15(17)11-19-21-18-20-14(2)12-25-18/h3-12,22H,1-2H3,(H,20,21). The third-order valence-electron chi connectivity index (χ3n) is 3.52. The number of hydrazone groups is 1. The molecule has 0 aliphatic rings. The second kappa shape index (κ2) is 7.67. The van der Waals surface area contributed by atoms with Gasteiger partial charge in [0.1, 0.15) is 0 Å². The number of sulfonamides is 1. The largest absolute Gasteiger partial charge is 0.279 e. The summed E-state index contributed by atoms with van der Waals surface area (Å²) in [6.45, 7) is 3.81. The maximum absolute atomic E-state index is 12.6. The van der Waals surface area contributed by atoms with Crippen LogP contribution in [0.4, 0.5) is 10.8 Å². The Morgan fingerprint density at radius 3 is 2.50 bits per heavy atom. The van der Waals surface area contributed by atoms with Crippen LogP contribution in [-0.2, 0) is 10.0 Å². The molecule has 3 rings (SSSR count). The van der Waals surface area contributed by atoms with Gasteiger partial charge in [0.2, 0.25) is 5.13 Å². The molecule has 0 saturated heterocycles. The van der Waals surface area contributed by atoms with Crippen molar-refractivity contribution in [3.05, 3.63) is 70.7 Å². The Labute approximate surface area is 156 Å². The Morgan fingerprint density at radius 1 is 1.08 bits per heavy atom. The highest BCUT2D eigenvalue weighted by atomic mass is 32.2. The Morgan fingerprint density at radius 2 is 1.81 bits per heavy atom. The van der Waals surface area contributed by atoms with Gasteiger partial charge in [-0.05, 0) is 32.0 Å². The smallest absolute Gasteiger partial charge is 0.261 e. The quantitative estimate of drug-likeness (QED) is 0.495. The number of hydrogen-bond acceptors (Lipinski definition) is 6. The Kier molecular flexibility index (Phi) is 5.34. The van der Waals surface area contributed by atoms with Gasteiger partial charge in [0.25, 0.3) is 10.0 Å². The number of hydrogen-bond donors (Lipinski definition) is 2. The van der Waals surface area contributed by atoms with Crippen molar-refractivity contribution in [1.82, 2.24) is 4.98 Å². The summed E-state index contributed by atoms with van der Waals surface area (Å²) in [7, 11) is -3.67. The number of thiazole rings is 1. The third kappa shape index (κ3) is 4.47. The number of para-hydroxylation sites is 1. The topological polar surface area (TPSA) is 83.5 Å². The molecule has 0 spiro atoms. The van der Waals surface area contributed by atoms with E-state index in [1.54, 1.807) is 48.7 Å². The van der Waals surface area contributed by atoms with Crippen molar-refractivity contribution in [2.24, 2.45) is 5.10 Å². The van der Waals surface area contributed by atoms with Crippen molar-refractivity contribution in [3.63, 3.8) is 0 Å². The zero-order valence-electron chi connectivity index (χ0n) is 14.3. The van der Waals surface area contributed by atoms with Crippen LogP contribution in [0.2, 0.25) is 0 Å². The van der Waals surface area contributed by atoms with E-state index in [9.17, 15) is 8.42 Å². The molecule has 0 aliphatic heterocycles. The SMILES string of the molecule is Cc1ccc(S(=O)(=O)Nc2ccccc2C=NNc2nc(C)cs2)cc1. The lowest BCUT2D eigenvalue weighted by Crippen LogP contribution is -2.14. The van der Waals surface area contributed by atoms with E-state index in [4.69, 9.17) is 0 Å². The molecular weight excluding hydrogens is 368 g/mol. The van der Waals surface area contributed by atoms with Crippen LogP contribution >= 0.6 is 11.3 Å². The number of aromatic nitrogens is 1.